The molecule has 2 heterocycles. The van der Waals surface area contributed by atoms with E-state index in [4.69, 9.17) is 5.26 Å². The third-order valence-electron chi connectivity index (χ3n) is 2.93. The molecular weight excluding hydrogens is 282 g/mol. The molecule has 0 aromatic carbocycles. The third kappa shape index (κ3) is 2.64. The smallest absolute Gasteiger partial charge is 0.273 e. The monoisotopic (exact) mass is 293 g/mol. The van der Waals surface area contributed by atoms with Gasteiger partial charge in [-0.1, -0.05) is 0 Å². The molecule has 0 N–H and O–H groups in total. The van der Waals surface area contributed by atoms with E-state index in [1.807, 2.05) is 6.07 Å². The molecular formula is C12H12BrN3O. The number of likely N-dealkylation sites (tertiary alicyclic amines) is 1. The van der Waals surface area contributed by atoms with Gasteiger partial charge in [-0.3, -0.25) is 4.79 Å². The second-order valence-corrected chi connectivity index (χ2v) is 4.88. The topological polar surface area (TPSA) is 57.0 Å². The van der Waals surface area contributed by atoms with Crippen molar-refractivity contribution in [2.24, 2.45) is 5.92 Å². The van der Waals surface area contributed by atoms with Crippen molar-refractivity contribution < 1.29 is 4.79 Å². The summed E-state index contributed by atoms with van der Waals surface area (Å²) in [5.41, 5.74) is 0.447. The molecule has 0 aliphatic carbocycles. The van der Waals surface area contributed by atoms with Crippen LogP contribution in [0.2, 0.25) is 0 Å². The number of amides is 1. The number of nitriles is 1. The number of rotatable bonds is 1. The summed E-state index contributed by atoms with van der Waals surface area (Å²) in [4.78, 5) is 18.0. The van der Waals surface area contributed by atoms with Gasteiger partial charge in [0.15, 0.2) is 0 Å². The van der Waals surface area contributed by atoms with Crippen LogP contribution >= 0.6 is 15.9 Å². The maximum atomic E-state index is 12.2. The molecule has 0 spiro atoms. The molecule has 0 unspecified atom stereocenters. The Bertz CT molecular complexity index is 461. The summed E-state index contributed by atoms with van der Waals surface area (Å²) < 4.78 is 0.715. The number of aromatic nitrogens is 1. The molecule has 88 valence electrons. The summed E-state index contributed by atoms with van der Waals surface area (Å²) in [6.07, 6.45) is 3.12. The number of pyridine rings is 1. The van der Waals surface area contributed by atoms with E-state index in [2.05, 4.69) is 27.0 Å². The van der Waals surface area contributed by atoms with Gasteiger partial charge in [0.1, 0.15) is 5.69 Å². The van der Waals surface area contributed by atoms with Gasteiger partial charge in [0.2, 0.25) is 0 Å². The average molecular weight is 294 g/mol. The number of piperidine rings is 1. The Morgan fingerprint density at radius 2 is 2.24 bits per heavy atom. The van der Waals surface area contributed by atoms with Crippen LogP contribution in [0.1, 0.15) is 23.3 Å². The van der Waals surface area contributed by atoms with Crippen LogP contribution in [-0.2, 0) is 0 Å². The number of hydrogen-bond acceptors (Lipinski definition) is 3. The summed E-state index contributed by atoms with van der Waals surface area (Å²) in [5.74, 6) is 0.0279. The van der Waals surface area contributed by atoms with Crippen molar-refractivity contribution >= 4 is 21.8 Å². The minimum atomic E-state index is -0.0612. The summed E-state index contributed by atoms with van der Waals surface area (Å²) in [6.45, 7) is 1.28. The first-order chi connectivity index (χ1) is 8.22. The van der Waals surface area contributed by atoms with Gasteiger partial charge in [0.25, 0.3) is 5.91 Å². The predicted molar refractivity (Wildman–Crippen MR) is 66.2 cm³/mol. The highest BCUT2D eigenvalue weighted by Crippen LogP contribution is 2.20. The number of carbonyl (C=O) groups excluding carboxylic acids is 1. The summed E-state index contributed by atoms with van der Waals surface area (Å²) >= 11 is 3.33. The molecule has 1 aromatic heterocycles. The van der Waals surface area contributed by atoms with Crippen LogP contribution in [-0.4, -0.2) is 28.9 Å². The van der Waals surface area contributed by atoms with E-state index in [9.17, 15) is 4.79 Å². The Morgan fingerprint density at radius 3 is 2.82 bits per heavy atom. The Hall–Kier alpha value is -1.41. The fraction of sp³-hybridized carbons (Fsp3) is 0.417. The van der Waals surface area contributed by atoms with Crippen LogP contribution in [0.25, 0.3) is 0 Å². The first-order valence-corrected chi connectivity index (χ1v) is 6.31. The molecule has 5 heteroatoms. The Balaban J connectivity index is 2.08. The molecule has 2 rings (SSSR count). The molecule has 4 nitrogen and oxygen atoms in total. The first-order valence-electron chi connectivity index (χ1n) is 5.52. The molecule has 1 aromatic rings. The minimum absolute atomic E-state index is 0.0612. The van der Waals surface area contributed by atoms with E-state index in [-0.39, 0.29) is 11.8 Å². The van der Waals surface area contributed by atoms with Crippen molar-refractivity contribution in [2.75, 3.05) is 13.1 Å². The van der Waals surface area contributed by atoms with Crippen molar-refractivity contribution in [2.45, 2.75) is 12.8 Å². The normalized spacial score (nSPS) is 16.6. The molecule has 0 atom stereocenters. The van der Waals surface area contributed by atoms with Crippen LogP contribution in [0.5, 0.6) is 0 Å². The summed E-state index contributed by atoms with van der Waals surface area (Å²) in [5, 5.41) is 8.80. The van der Waals surface area contributed by atoms with E-state index in [0.29, 0.717) is 23.3 Å². The average Bonchev–Trinajstić information content (AvgIpc) is 2.39. The Labute approximate surface area is 108 Å². The van der Waals surface area contributed by atoms with E-state index in [1.54, 1.807) is 17.2 Å². The fourth-order valence-electron chi connectivity index (χ4n) is 1.90. The standard InChI is InChI=1S/C12H12BrN3O/c13-10-2-1-5-15-11(10)12(17)16-6-3-9(8-14)4-7-16/h1-2,5,9H,3-4,6-7H2. The van der Waals surface area contributed by atoms with Crippen LogP contribution < -0.4 is 0 Å². The number of carbonyl (C=O) groups is 1. The highest BCUT2D eigenvalue weighted by molar-refractivity contribution is 9.10. The van der Waals surface area contributed by atoms with Gasteiger partial charge in [0, 0.05) is 29.7 Å². The lowest BCUT2D eigenvalue weighted by atomic mass is 9.98. The highest BCUT2D eigenvalue weighted by atomic mass is 79.9. The van der Waals surface area contributed by atoms with Crippen molar-refractivity contribution in [1.82, 2.24) is 9.88 Å². The summed E-state index contributed by atoms with van der Waals surface area (Å²) in [6, 6.07) is 5.84. The maximum absolute atomic E-state index is 12.2. The van der Waals surface area contributed by atoms with Crippen LogP contribution in [0.4, 0.5) is 0 Å². The second-order valence-electron chi connectivity index (χ2n) is 4.03. The lowest BCUT2D eigenvalue weighted by molar-refractivity contribution is 0.0700. The van der Waals surface area contributed by atoms with Gasteiger partial charge in [-0.05, 0) is 40.9 Å². The summed E-state index contributed by atoms with van der Waals surface area (Å²) in [7, 11) is 0. The van der Waals surface area contributed by atoms with Crippen molar-refractivity contribution in [3.8, 4) is 6.07 Å². The lowest BCUT2D eigenvalue weighted by Gasteiger charge is -2.29. The molecule has 1 fully saturated rings. The number of hydrogen-bond donors (Lipinski definition) is 0. The van der Waals surface area contributed by atoms with Gasteiger partial charge in [-0.25, -0.2) is 4.98 Å². The van der Waals surface area contributed by atoms with E-state index in [0.717, 1.165) is 12.8 Å². The number of halogens is 1. The zero-order chi connectivity index (χ0) is 12.3. The minimum Gasteiger partial charge on any atom is -0.337 e. The van der Waals surface area contributed by atoms with Crippen LogP contribution in [0.3, 0.4) is 0 Å². The fourth-order valence-corrected chi connectivity index (χ4v) is 2.33. The highest BCUT2D eigenvalue weighted by Gasteiger charge is 2.25. The van der Waals surface area contributed by atoms with Crippen LogP contribution in [0, 0.1) is 17.2 Å². The van der Waals surface area contributed by atoms with E-state index in [1.165, 1.54) is 0 Å². The van der Waals surface area contributed by atoms with Crippen molar-refractivity contribution in [1.29, 1.82) is 5.26 Å². The van der Waals surface area contributed by atoms with Gasteiger partial charge in [-0.15, -0.1) is 0 Å². The van der Waals surface area contributed by atoms with E-state index < -0.39 is 0 Å². The zero-order valence-electron chi connectivity index (χ0n) is 9.27. The molecule has 1 aliphatic rings. The predicted octanol–water partition coefficient (Wildman–Crippen LogP) is 2.22. The molecule has 0 bridgehead atoms. The van der Waals surface area contributed by atoms with Crippen molar-refractivity contribution in [3.05, 3.63) is 28.5 Å². The van der Waals surface area contributed by atoms with Gasteiger partial charge in [-0.2, -0.15) is 5.26 Å². The van der Waals surface area contributed by atoms with E-state index >= 15 is 0 Å². The molecule has 1 aliphatic heterocycles. The van der Waals surface area contributed by atoms with Crippen molar-refractivity contribution in [3.63, 3.8) is 0 Å². The first kappa shape index (κ1) is 12.1. The zero-order valence-corrected chi connectivity index (χ0v) is 10.9. The third-order valence-corrected chi connectivity index (χ3v) is 3.57. The quantitative estimate of drug-likeness (QED) is 0.798. The number of nitrogens with zero attached hydrogens (tertiary/aromatic N) is 3. The largest absolute Gasteiger partial charge is 0.337 e. The Morgan fingerprint density at radius 1 is 1.53 bits per heavy atom. The second kappa shape index (κ2) is 5.28. The molecule has 1 amide bonds. The van der Waals surface area contributed by atoms with Gasteiger partial charge in [0.05, 0.1) is 6.07 Å². The molecule has 17 heavy (non-hydrogen) atoms. The molecule has 1 saturated heterocycles. The van der Waals surface area contributed by atoms with Crippen LogP contribution in [0.15, 0.2) is 22.8 Å². The molecule has 0 radical (unpaired) electrons. The molecule has 0 saturated carbocycles. The SMILES string of the molecule is N#CC1CCN(C(=O)c2ncccc2Br)CC1. The lowest BCUT2D eigenvalue weighted by Crippen LogP contribution is -2.38. The Kier molecular flexibility index (Phi) is 3.75. The maximum Gasteiger partial charge on any atom is 0.273 e. The van der Waals surface area contributed by atoms with Gasteiger partial charge >= 0.3 is 0 Å². The van der Waals surface area contributed by atoms with Gasteiger partial charge < -0.3 is 4.90 Å².